The number of anilines is 1. The molecule has 144 valence electrons. The molecule has 1 fully saturated rings. The van der Waals surface area contributed by atoms with Crippen molar-refractivity contribution < 1.29 is 17.6 Å². The second-order valence-corrected chi connectivity index (χ2v) is 9.29. The lowest BCUT2D eigenvalue weighted by Crippen LogP contribution is -2.24. The van der Waals surface area contributed by atoms with E-state index in [9.17, 15) is 17.6 Å². The molecule has 27 heavy (non-hydrogen) atoms. The SMILES string of the molecule is Cc1cc(C(=O)Nc2ccc(F)c(C3CC3)c2)cc(S(=O)(=O)N(C)C)c1C. The van der Waals surface area contributed by atoms with E-state index in [-0.39, 0.29) is 22.2 Å². The van der Waals surface area contributed by atoms with E-state index in [2.05, 4.69) is 5.32 Å². The molecule has 0 aromatic heterocycles. The highest BCUT2D eigenvalue weighted by Gasteiger charge is 2.27. The van der Waals surface area contributed by atoms with Crippen LogP contribution in [-0.2, 0) is 10.0 Å². The average molecular weight is 390 g/mol. The molecule has 0 bridgehead atoms. The van der Waals surface area contributed by atoms with Gasteiger partial charge in [0.1, 0.15) is 5.82 Å². The minimum atomic E-state index is -3.67. The third-order valence-corrected chi connectivity index (χ3v) is 6.85. The summed E-state index contributed by atoms with van der Waals surface area (Å²) in [6.45, 7) is 3.49. The van der Waals surface area contributed by atoms with E-state index in [4.69, 9.17) is 0 Å². The highest BCUT2D eigenvalue weighted by Crippen LogP contribution is 2.42. The molecule has 1 aliphatic carbocycles. The van der Waals surface area contributed by atoms with Crippen LogP contribution in [0.3, 0.4) is 0 Å². The summed E-state index contributed by atoms with van der Waals surface area (Å²) in [6.07, 6.45) is 1.91. The summed E-state index contributed by atoms with van der Waals surface area (Å²) >= 11 is 0. The first kappa shape index (κ1) is 19.5. The average Bonchev–Trinajstić information content (AvgIpc) is 3.43. The van der Waals surface area contributed by atoms with Crippen LogP contribution in [-0.4, -0.2) is 32.7 Å². The summed E-state index contributed by atoms with van der Waals surface area (Å²) in [7, 11) is -0.764. The van der Waals surface area contributed by atoms with Crippen molar-refractivity contribution in [2.75, 3.05) is 19.4 Å². The van der Waals surface area contributed by atoms with Gasteiger partial charge in [0.25, 0.3) is 5.91 Å². The Morgan fingerprint density at radius 1 is 1.15 bits per heavy atom. The fourth-order valence-electron chi connectivity index (χ4n) is 2.95. The number of amides is 1. The number of benzene rings is 2. The van der Waals surface area contributed by atoms with Crippen molar-refractivity contribution in [2.45, 2.75) is 37.5 Å². The van der Waals surface area contributed by atoms with Crippen LogP contribution in [0.4, 0.5) is 10.1 Å². The van der Waals surface area contributed by atoms with Crippen LogP contribution < -0.4 is 5.32 Å². The first-order chi connectivity index (χ1) is 12.6. The van der Waals surface area contributed by atoms with Crippen molar-refractivity contribution in [1.82, 2.24) is 4.31 Å². The van der Waals surface area contributed by atoms with Crippen molar-refractivity contribution >= 4 is 21.6 Å². The van der Waals surface area contributed by atoms with Gasteiger partial charge in [-0.1, -0.05) is 0 Å². The Bertz CT molecular complexity index is 1010. The van der Waals surface area contributed by atoms with Gasteiger partial charge >= 0.3 is 0 Å². The maximum atomic E-state index is 13.9. The van der Waals surface area contributed by atoms with Crippen LogP contribution in [0.15, 0.2) is 35.2 Å². The molecule has 0 aliphatic heterocycles. The number of hydrogen-bond donors (Lipinski definition) is 1. The van der Waals surface area contributed by atoms with Crippen molar-refractivity contribution in [3.63, 3.8) is 0 Å². The van der Waals surface area contributed by atoms with Gasteiger partial charge in [-0.25, -0.2) is 17.1 Å². The van der Waals surface area contributed by atoms with Gasteiger partial charge in [0, 0.05) is 25.3 Å². The number of halogens is 1. The number of sulfonamides is 1. The van der Waals surface area contributed by atoms with Gasteiger partial charge in [0.15, 0.2) is 0 Å². The lowest BCUT2D eigenvalue weighted by Gasteiger charge is -2.16. The minimum Gasteiger partial charge on any atom is -0.322 e. The molecule has 7 heteroatoms. The van der Waals surface area contributed by atoms with E-state index in [1.54, 1.807) is 26.0 Å². The molecule has 0 saturated heterocycles. The monoisotopic (exact) mass is 390 g/mol. The van der Waals surface area contributed by atoms with Crippen LogP contribution in [0.5, 0.6) is 0 Å². The molecule has 0 unspecified atom stereocenters. The van der Waals surface area contributed by atoms with Crippen LogP contribution in [0.25, 0.3) is 0 Å². The normalized spacial score (nSPS) is 14.4. The highest BCUT2D eigenvalue weighted by atomic mass is 32.2. The van der Waals surface area contributed by atoms with Crippen molar-refractivity contribution in [1.29, 1.82) is 0 Å². The van der Waals surface area contributed by atoms with Gasteiger partial charge in [-0.2, -0.15) is 0 Å². The van der Waals surface area contributed by atoms with Gasteiger partial charge in [0.05, 0.1) is 4.90 Å². The zero-order valence-corrected chi connectivity index (χ0v) is 16.7. The Kier molecular flexibility index (Phi) is 5.10. The molecule has 3 rings (SSSR count). The summed E-state index contributed by atoms with van der Waals surface area (Å²) in [5.41, 5.74) is 2.68. The number of aryl methyl sites for hydroxylation is 1. The Morgan fingerprint density at radius 3 is 2.41 bits per heavy atom. The van der Waals surface area contributed by atoms with E-state index in [1.165, 1.54) is 32.3 Å². The van der Waals surface area contributed by atoms with Crippen LogP contribution >= 0.6 is 0 Å². The molecule has 5 nitrogen and oxygen atoms in total. The zero-order chi connectivity index (χ0) is 19.9. The predicted molar refractivity (Wildman–Crippen MR) is 103 cm³/mol. The van der Waals surface area contributed by atoms with E-state index in [1.807, 2.05) is 0 Å². The summed E-state index contributed by atoms with van der Waals surface area (Å²) in [5, 5.41) is 2.75. The molecule has 0 heterocycles. The second-order valence-electron chi connectivity index (χ2n) is 7.17. The number of nitrogens with zero attached hydrogens (tertiary/aromatic N) is 1. The molecular weight excluding hydrogens is 367 g/mol. The first-order valence-corrected chi connectivity index (χ1v) is 10.2. The minimum absolute atomic E-state index is 0.107. The first-order valence-electron chi connectivity index (χ1n) is 8.76. The fraction of sp³-hybridized carbons (Fsp3) is 0.350. The van der Waals surface area contributed by atoms with E-state index >= 15 is 0 Å². The van der Waals surface area contributed by atoms with Gasteiger partial charge < -0.3 is 5.32 Å². The number of carbonyl (C=O) groups is 1. The summed E-state index contributed by atoms with van der Waals surface area (Å²) in [6, 6.07) is 7.57. The van der Waals surface area contributed by atoms with E-state index < -0.39 is 15.9 Å². The Labute approximate surface area is 159 Å². The lowest BCUT2D eigenvalue weighted by atomic mass is 10.1. The quantitative estimate of drug-likeness (QED) is 0.844. The molecule has 1 N–H and O–H groups in total. The van der Waals surface area contributed by atoms with E-state index in [0.29, 0.717) is 22.4 Å². The van der Waals surface area contributed by atoms with Crippen LogP contribution in [0.2, 0.25) is 0 Å². The maximum Gasteiger partial charge on any atom is 0.255 e. The molecule has 2 aromatic carbocycles. The number of carbonyl (C=O) groups excluding carboxylic acids is 1. The lowest BCUT2D eigenvalue weighted by molar-refractivity contribution is 0.102. The standard InChI is InChI=1S/C20H23FN2O3S/c1-12-9-15(10-19(13(12)2)27(25,26)23(3)4)20(24)22-16-7-8-18(21)17(11-16)14-5-6-14/h7-11,14H,5-6H2,1-4H3,(H,22,24). The number of rotatable bonds is 5. The largest absolute Gasteiger partial charge is 0.322 e. The number of nitrogens with one attached hydrogen (secondary N) is 1. The molecular formula is C20H23FN2O3S. The van der Waals surface area contributed by atoms with Crippen molar-refractivity contribution in [2.24, 2.45) is 0 Å². The molecule has 0 spiro atoms. The van der Waals surface area contributed by atoms with Crippen LogP contribution in [0, 0.1) is 19.7 Å². The smallest absolute Gasteiger partial charge is 0.255 e. The van der Waals surface area contributed by atoms with Crippen molar-refractivity contribution in [3.05, 3.63) is 58.4 Å². The third kappa shape index (κ3) is 3.89. The van der Waals surface area contributed by atoms with E-state index in [0.717, 1.165) is 17.1 Å². The molecule has 0 radical (unpaired) electrons. The maximum absolute atomic E-state index is 13.9. The summed E-state index contributed by atoms with van der Waals surface area (Å²) < 4.78 is 40.1. The Balaban J connectivity index is 1.94. The van der Waals surface area contributed by atoms with Gasteiger partial charge in [0.2, 0.25) is 10.0 Å². The molecule has 0 atom stereocenters. The Morgan fingerprint density at radius 2 is 1.81 bits per heavy atom. The molecule has 1 amide bonds. The summed E-state index contributed by atoms with van der Waals surface area (Å²) in [4.78, 5) is 12.8. The van der Waals surface area contributed by atoms with Gasteiger partial charge in [-0.05, 0) is 79.6 Å². The molecule has 1 saturated carbocycles. The molecule has 2 aromatic rings. The van der Waals surface area contributed by atoms with Crippen molar-refractivity contribution in [3.8, 4) is 0 Å². The fourth-order valence-corrected chi connectivity index (χ4v) is 4.17. The highest BCUT2D eigenvalue weighted by molar-refractivity contribution is 7.89. The topological polar surface area (TPSA) is 66.5 Å². The third-order valence-electron chi connectivity index (χ3n) is 4.91. The predicted octanol–water partition coefficient (Wildman–Crippen LogP) is 3.82. The van der Waals surface area contributed by atoms with Crippen LogP contribution in [0.1, 0.15) is 45.8 Å². The zero-order valence-electron chi connectivity index (χ0n) is 15.8. The Hall–Kier alpha value is -2.25. The number of hydrogen-bond acceptors (Lipinski definition) is 3. The van der Waals surface area contributed by atoms with Gasteiger partial charge in [-0.3, -0.25) is 4.79 Å². The molecule has 1 aliphatic rings. The second kappa shape index (κ2) is 7.05. The van der Waals surface area contributed by atoms with Gasteiger partial charge in [-0.15, -0.1) is 0 Å². The summed E-state index contributed by atoms with van der Waals surface area (Å²) in [5.74, 6) is -0.469.